The normalized spacial score (nSPS) is 21.6. The highest BCUT2D eigenvalue weighted by Gasteiger charge is 2.35. The van der Waals surface area contributed by atoms with E-state index in [0.717, 1.165) is 18.7 Å². The minimum atomic E-state index is -1.27. The predicted octanol–water partition coefficient (Wildman–Crippen LogP) is 4.08. The summed E-state index contributed by atoms with van der Waals surface area (Å²) in [5.74, 6) is -0.850. The lowest BCUT2D eigenvalue weighted by molar-refractivity contribution is 0.0692. The summed E-state index contributed by atoms with van der Waals surface area (Å²) in [4.78, 5) is 18.7. The Labute approximate surface area is 122 Å². The maximum Gasteiger partial charge on any atom is 0.338 e. The smallest absolute Gasteiger partial charge is 0.338 e. The minimum absolute atomic E-state index is 0.153. The Hall–Kier alpha value is -1.91. The van der Waals surface area contributed by atoms with Gasteiger partial charge in [-0.05, 0) is 24.3 Å². The molecule has 1 aromatic carbocycles. The van der Waals surface area contributed by atoms with Gasteiger partial charge in [-0.3, -0.25) is 0 Å². The zero-order chi connectivity index (χ0) is 15.2. The van der Waals surface area contributed by atoms with Crippen molar-refractivity contribution in [3.63, 3.8) is 0 Å². The van der Waals surface area contributed by atoms with Crippen molar-refractivity contribution in [3.05, 3.63) is 29.3 Å². The summed E-state index contributed by atoms with van der Waals surface area (Å²) in [5, 5.41) is 8.99. The number of rotatable bonds is 2. The number of aromatic nitrogens is 2. The first-order chi connectivity index (χ1) is 9.88. The molecule has 112 valence electrons. The molecule has 1 unspecified atom stereocenters. The number of halogens is 1. The van der Waals surface area contributed by atoms with Crippen LogP contribution < -0.4 is 0 Å². The highest BCUT2D eigenvalue weighted by molar-refractivity contribution is 5.92. The van der Waals surface area contributed by atoms with Gasteiger partial charge in [-0.1, -0.05) is 26.7 Å². The van der Waals surface area contributed by atoms with Gasteiger partial charge in [-0.2, -0.15) is 0 Å². The van der Waals surface area contributed by atoms with Gasteiger partial charge in [0, 0.05) is 12.0 Å². The monoisotopic (exact) mass is 290 g/mol. The largest absolute Gasteiger partial charge is 0.478 e. The van der Waals surface area contributed by atoms with Gasteiger partial charge < -0.3 is 10.1 Å². The topological polar surface area (TPSA) is 66.0 Å². The van der Waals surface area contributed by atoms with E-state index in [1.165, 1.54) is 25.0 Å². The standard InChI is InChI=1S/C16H19FN2O2/c1-16(2)6-4-3-5-10(16)14-18-12-7-9(15(20)21)11(17)8-13(12)19-14/h7-8,10H,3-6H2,1-2H3,(H,18,19)(H,20,21). The van der Waals surface area contributed by atoms with Crippen molar-refractivity contribution in [1.29, 1.82) is 0 Å². The van der Waals surface area contributed by atoms with Gasteiger partial charge in [0.05, 0.1) is 16.6 Å². The van der Waals surface area contributed by atoms with E-state index in [-0.39, 0.29) is 11.0 Å². The number of H-pyrrole nitrogens is 1. The van der Waals surface area contributed by atoms with Gasteiger partial charge in [-0.15, -0.1) is 0 Å². The number of carboxylic acid groups (broad SMARTS) is 1. The van der Waals surface area contributed by atoms with Crippen molar-refractivity contribution >= 4 is 17.0 Å². The Morgan fingerprint density at radius 1 is 1.43 bits per heavy atom. The molecule has 1 aliphatic carbocycles. The van der Waals surface area contributed by atoms with Crippen LogP contribution in [0.25, 0.3) is 11.0 Å². The molecule has 1 heterocycles. The van der Waals surface area contributed by atoms with Crippen LogP contribution in [-0.4, -0.2) is 21.0 Å². The van der Waals surface area contributed by atoms with Crippen molar-refractivity contribution in [2.24, 2.45) is 5.41 Å². The third-order valence-electron chi connectivity index (χ3n) is 4.66. The second-order valence-corrected chi connectivity index (χ2v) is 6.56. The second-order valence-electron chi connectivity index (χ2n) is 6.56. The van der Waals surface area contributed by atoms with Crippen molar-refractivity contribution in [1.82, 2.24) is 9.97 Å². The zero-order valence-corrected chi connectivity index (χ0v) is 12.2. The number of imidazole rings is 1. The van der Waals surface area contributed by atoms with Crippen LogP contribution in [0.15, 0.2) is 12.1 Å². The fourth-order valence-electron chi connectivity index (χ4n) is 3.38. The molecule has 2 aromatic rings. The van der Waals surface area contributed by atoms with Crippen molar-refractivity contribution in [2.45, 2.75) is 45.4 Å². The highest BCUT2D eigenvalue weighted by atomic mass is 19.1. The average molecular weight is 290 g/mol. The van der Waals surface area contributed by atoms with Crippen LogP contribution in [0.4, 0.5) is 4.39 Å². The number of hydrogen-bond donors (Lipinski definition) is 2. The maximum atomic E-state index is 13.7. The first kappa shape index (κ1) is 14.0. The van der Waals surface area contributed by atoms with E-state index in [1.807, 2.05) is 0 Å². The Bertz CT molecular complexity index is 706. The molecule has 5 heteroatoms. The third kappa shape index (κ3) is 2.41. The Kier molecular flexibility index (Phi) is 3.23. The van der Waals surface area contributed by atoms with Crippen LogP contribution in [-0.2, 0) is 0 Å². The van der Waals surface area contributed by atoms with Crippen LogP contribution in [0.2, 0.25) is 0 Å². The molecule has 0 radical (unpaired) electrons. The fraction of sp³-hybridized carbons (Fsp3) is 0.500. The molecule has 21 heavy (non-hydrogen) atoms. The molecule has 0 aliphatic heterocycles. The number of nitrogens with zero attached hydrogens (tertiary/aromatic N) is 1. The first-order valence-corrected chi connectivity index (χ1v) is 7.31. The average Bonchev–Trinajstić information content (AvgIpc) is 2.79. The predicted molar refractivity (Wildman–Crippen MR) is 78.0 cm³/mol. The van der Waals surface area contributed by atoms with Crippen molar-refractivity contribution in [2.75, 3.05) is 0 Å². The molecule has 0 saturated heterocycles. The van der Waals surface area contributed by atoms with Gasteiger partial charge in [-0.25, -0.2) is 14.2 Å². The number of aromatic amines is 1. The van der Waals surface area contributed by atoms with E-state index >= 15 is 0 Å². The van der Waals surface area contributed by atoms with Crippen molar-refractivity contribution < 1.29 is 14.3 Å². The lowest BCUT2D eigenvalue weighted by atomic mass is 9.68. The number of carbonyl (C=O) groups is 1. The molecular weight excluding hydrogens is 271 g/mol. The van der Waals surface area contributed by atoms with Crippen LogP contribution in [0, 0.1) is 11.2 Å². The van der Waals surface area contributed by atoms with Gasteiger partial charge >= 0.3 is 5.97 Å². The number of fused-ring (bicyclic) bond motifs is 1. The van der Waals surface area contributed by atoms with Crippen molar-refractivity contribution in [3.8, 4) is 0 Å². The molecule has 2 N–H and O–H groups in total. The summed E-state index contributed by atoms with van der Waals surface area (Å²) >= 11 is 0. The van der Waals surface area contributed by atoms with Gasteiger partial charge in [0.15, 0.2) is 0 Å². The molecule has 1 fully saturated rings. The quantitative estimate of drug-likeness (QED) is 0.875. The number of hydrogen-bond acceptors (Lipinski definition) is 2. The van der Waals surface area contributed by atoms with Crippen LogP contribution >= 0.6 is 0 Å². The summed E-state index contributed by atoms with van der Waals surface area (Å²) in [7, 11) is 0. The Morgan fingerprint density at radius 2 is 2.19 bits per heavy atom. The van der Waals surface area contributed by atoms with E-state index < -0.39 is 11.8 Å². The number of aromatic carboxylic acids is 1. The molecule has 0 amide bonds. The third-order valence-corrected chi connectivity index (χ3v) is 4.66. The van der Waals surface area contributed by atoms with Gasteiger partial charge in [0.1, 0.15) is 11.6 Å². The maximum absolute atomic E-state index is 13.7. The Morgan fingerprint density at radius 3 is 2.86 bits per heavy atom. The number of benzene rings is 1. The van der Waals surface area contributed by atoms with E-state index in [9.17, 15) is 9.18 Å². The number of carboxylic acids is 1. The van der Waals surface area contributed by atoms with Gasteiger partial charge in [0.25, 0.3) is 0 Å². The summed E-state index contributed by atoms with van der Waals surface area (Å²) in [5.41, 5.74) is 0.905. The minimum Gasteiger partial charge on any atom is -0.478 e. The molecule has 0 spiro atoms. The molecule has 4 nitrogen and oxygen atoms in total. The highest BCUT2D eigenvalue weighted by Crippen LogP contribution is 2.46. The second kappa shape index (κ2) is 4.83. The molecule has 1 aliphatic rings. The van der Waals surface area contributed by atoms with E-state index in [4.69, 9.17) is 5.11 Å². The van der Waals surface area contributed by atoms with E-state index in [1.54, 1.807) is 0 Å². The zero-order valence-electron chi connectivity index (χ0n) is 12.2. The van der Waals surface area contributed by atoms with Crippen LogP contribution in [0.3, 0.4) is 0 Å². The Balaban J connectivity index is 2.07. The first-order valence-electron chi connectivity index (χ1n) is 7.31. The molecule has 3 rings (SSSR count). The SMILES string of the molecule is CC1(C)CCCCC1c1nc2cc(C(=O)O)c(F)cc2[nH]1. The van der Waals surface area contributed by atoms with Gasteiger partial charge in [0.2, 0.25) is 0 Å². The summed E-state index contributed by atoms with van der Waals surface area (Å²) in [6.45, 7) is 4.46. The molecular formula is C16H19FN2O2. The number of nitrogens with one attached hydrogen (secondary N) is 1. The van der Waals surface area contributed by atoms with Crippen LogP contribution in [0.5, 0.6) is 0 Å². The van der Waals surface area contributed by atoms with E-state index in [0.29, 0.717) is 17.0 Å². The summed E-state index contributed by atoms with van der Waals surface area (Å²) in [6.07, 6.45) is 4.59. The fourth-order valence-corrected chi connectivity index (χ4v) is 3.38. The molecule has 0 bridgehead atoms. The summed E-state index contributed by atoms with van der Waals surface area (Å²) < 4.78 is 13.7. The van der Waals surface area contributed by atoms with Crippen LogP contribution in [0.1, 0.15) is 61.6 Å². The lowest BCUT2D eigenvalue weighted by Crippen LogP contribution is -2.26. The molecule has 1 saturated carbocycles. The molecule has 1 aromatic heterocycles. The summed E-state index contributed by atoms with van der Waals surface area (Å²) in [6, 6.07) is 2.54. The lowest BCUT2D eigenvalue weighted by Gasteiger charge is -2.37. The van der Waals surface area contributed by atoms with E-state index in [2.05, 4.69) is 23.8 Å². The molecule has 1 atom stereocenters.